The summed E-state index contributed by atoms with van der Waals surface area (Å²) in [5.74, 6) is -0.0383. The van der Waals surface area contributed by atoms with Gasteiger partial charge in [0.1, 0.15) is 0 Å². The normalized spacial score (nSPS) is 30.8. The summed E-state index contributed by atoms with van der Waals surface area (Å²) in [7, 11) is 0. The summed E-state index contributed by atoms with van der Waals surface area (Å²) in [6.45, 7) is 7.30. The van der Waals surface area contributed by atoms with Gasteiger partial charge in [0.25, 0.3) is 0 Å². The first-order valence-electron chi connectivity index (χ1n) is 5.79. The quantitative estimate of drug-likeness (QED) is 0.668. The van der Waals surface area contributed by atoms with Crippen molar-refractivity contribution in [3.8, 4) is 0 Å². The van der Waals surface area contributed by atoms with E-state index in [9.17, 15) is 9.90 Å². The fourth-order valence-electron chi connectivity index (χ4n) is 1.98. The molecule has 2 unspecified atom stereocenters. The highest BCUT2D eigenvalue weighted by atomic mass is 16.4. The molecule has 1 fully saturated rings. The molecule has 1 aliphatic rings. The molecule has 0 aromatic heterocycles. The first-order valence-corrected chi connectivity index (χ1v) is 5.79. The lowest BCUT2D eigenvalue weighted by Crippen LogP contribution is -2.57. The standard InChI is InChI=1S/C11H22N2O3/c1-8(2)12-7-11(16)4-5-13(10(14)15)6-9(11)3/h8-9,12,16H,4-7H2,1-3H3,(H,14,15). The zero-order valence-corrected chi connectivity index (χ0v) is 10.2. The minimum Gasteiger partial charge on any atom is -0.465 e. The van der Waals surface area contributed by atoms with E-state index >= 15 is 0 Å². The summed E-state index contributed by atoms with van der Waals surface area (Å²) in [6.07, 6.45) is -0.397. The smallest absolute Gasteiger partial charge is 0.407 e. The van der Waals surface area contributed by atoms with Crippen LogP contribution in [0.5, 0.6) is 0 Å². The molecule has 0 aromatic carbocycles. The van der Waals surface area contributed by atoms with Crippen molar-refractivity contribution in [2.45, 2.75) is 38.8 Å². The number of piperidine rings is 1. The van der Waals surface area contributed by atoms with Crippen LogP contribution in [-0.2, 0) is 0 Å². The van der Waals surface area contributed by atoms with E-state index in [0.717, 1.165) is 0 Å². The van der Waals surface area contributed by atoms with Crippen molar-refractivity contribution < 1.29 is 15.0 Å². The van der Waals surface area contributed by atoms with Crippen molar-refractivity contribution in [1.29, 1.82) is 0 Å². The van der Waals surface area contributed by atoms with Gasteiger partial charge in [-0.2, -0.15) is 0 Å². The zero-order valence-electron chi connectivity index (χ0n) is 10.2. The molecule has 0 bridgehead atoms. The molecule has 1 rings (SSSR count). The number of nitrogens with zero attached hydrogens (tertiary/aromatic N) is 1. The largest absolute Gasteiger partial charge is 0.465 e. The second-order valence-corrected chi connectivity index (χ2v) is 5.02. The SMILES string of the molecule is CC(C)NCC1(O)CCN(C(=O)O)CC1C. The Kier molecular flexibility index (Phi) is 4.15. The maximum Gasteiger partial charge on any atom is 0.407 e. The third kappa shape index (κ3) is 3.09. The van der Waals surface area contributed by atoms with Gasteiger partial charge < -0.3 is 20.4 Å². The van der Waals surface area contributed by atoms with E-state index in [2.05, 4.69) is 5.32 Å². The Hall–Kier alpha value is -0.810. The number of hydrogen-bond acceptors (Lipinski definition) is 3. The number of likely N-dealkylation sites (tertiary alicyclic amines) is 1. The molecule has 0 spiro atoms. The fraction of sp³-hybridized carbons (Fsp3) is 0.909. The second kappa shape index (κ2) is 5.01. The van der Waals surface area contributed by atoms with Gasteiger partial charge in [0, 0.05) is 31.6 Å². The first kappa shape index (κ1) is 13.3. The molecule has 5 nitrogen and oxygen atoms in total. The molecule has 0 aromatic rings. The number of nitrogens with one attached hydrogen (secondary N) is 1. The number of aliphatic hydroxyl groups is 1. The molecule has 2 atom stereocenters. The molecule has 1 aliphatic heterocycles. The lowest BCUT2D eigenvalue weighted by Gasteiger charge is -2.42. The van der Waals surface area contributed by atoms with Crippen molar-refractivity contribution in [2.75, 3.05) is 19.6 Å². The Balaban J connectivity index is 2.54. The van der Waals surface area contributed by atoms with Crippen molar-refractivity contribution in [2.24, 2.45) is 5.92 Å². The molecular formula is C11H22N2O3. The highest BCUT2D eigenvalue weighted by molar-refractivity contribution is 5.65. The van der Waals surface area contributed by atoms with E-state index < -0.39 is 11.7 Å². The monoisotopic (exact) mass is 230 g/mol. The van der Waals surface area contributed by atoms with Gasteiger partial charge in [-0.05, 0) is 6.42 Å². The van der Waals surface area contributed by atoms with Crippen LogP contribution in [0.15, 0.2) is 0 Å². The molecule has 1 amide bonds. The van der Waals surface area contributed by atoms with Crippen LogP contribution in [0.4, 0.5) is 4.79 Å². The lowest BCUT2D eigenvalue weighted by molar-refractivity contribution is -0.0589. The second-order valence-electron chi connectivity index (χ2n) is 5.02. The number of carbonyl (C=O) groups is 1. The van der Waals surface area contributed by atoms with Gasteiger partial charge in [-0.3, -0.25) is 0 Å². The molecule has 16 heavy (non-hydrogen) atoms. The van der Waals surface area contributed by atoms with Crippen molar-refractivity contribution in [1.82, 2.24) is 10.2 Å². The van der Waals surface area contributed by atoms with Crippen LogP contribution in [0, 0.1) is 5.92 Å². The Labute approximate surface area is 96.4 Å². The fourth-order valence-corrected chi connectivity index (χ4v) is 1.98. The first-order chi connectivity index (χ1) is 7.35. The van der Waals surface area contributed by atoms with Gasteiger partial charge in [0.05, 0.1) is 5.60 Å². The van der Waals surface area contributed by atoms with E-state index in [-0.39, 0.29) is 5.92 Å². The molecule has 0 radical (unpaired) electrons. The summed E-state index contributed by atoms with van der Waals surface area (Å²) < 4.78 is 0. The van der Waals surface area contributed by atoms with Gasteiger partial charge in [-0.1, -0.05) is 20.8 Å². The summed E-state index contributed by atoms with van der Waals surface area (Å²) >= 11 is 0. The maximum absolute atomic E-state index is 10.8. The van der Waals surface area contributed by atoms with Gasteiger partial charge in [0.2, 0.25) is 0 Å². The van der Waals surface area contributed by atoms with Crippen LogP contribution in [0.25, 0.3) is 0 Å². The van der Waals surface area contributed by atoms with E-state index in [0.29, 0.717) is 32.1 Å². The van der Waals surface area contributed by atoms with Crippen LogP contribution in [0.2, 0.25) is 0 Å². The predicted octanol–water partition coefficient (Wildman–Crippen LogP) is 0.735. The molecular weight excluding hydrogens is 208 g/mol. The molecule has 94 valence electrons. The van der Waals surface area contributed by atoms with Crippen LogP contribution in [0.1, 0.15) is 27.2 Å². The Morgan fingerprint density at radius 1 is 1.62 bits per heavy atom. The topological polar surface area (TPSA) is 72.8 Å². The third-order valence-corrected chi connectivity index (χ3v) is 3.31. The molecule has 3 N–H and O–H groups in total. The minimum atomic E-state index is -0.897. The van der Waals surface area contributed by atoms with Crippen molar-refractivity contribution in [3.05, 3.63) is 0 Å². The predicted molar refractivity (Wildman–Crippen MR) is 61.5 cm³/mol. The van der Waals surface area contributed by atoms with Crippen LogP contribution in [-0.4, -0.2) is 52.5 Å². The average Bonchev–Trinajstić information content (AvgIpc) is 2.19. The Bertz CT molecular complexity index is 258. The summed E-state index contributed by atoms with van der Waals surface area (Å²) in [5.41, 5.74) is -0.782. The van der Waals surface area contributed by atoms with E-state index in [1.165, 1.54) is 4.90 Å². The Morgan fingerprint density at radius 3 is 2.69 bits per heavy atom. The zero-order chi connectivity index (χ0) is 12.3. The van der Waals surface area contributed by atoms with E-state index in [1.807, 2.05) is 20.8 Å². The lowest BCUT2D eigenvalue weighted by atomic mass is 9.82. The molecule has 1 saturated heterocycles. The number of carboxylic acid groups (broad SMARTS) is 1. The van der Waals surface area contributed by atoms with Crippen molar-refractivity contribution in [3.63, 3.8) is 0 Å². The molecule has 1 heterocycles. The number of amides is 1. The summed E-state index contributed by atoms with van der Waals surface area (Å²) in [5, 5.41) is 22.5. The van der Waals surface area contributed by atoms with Crippen LogP contribution >= 0.6 is 0 Å². The summed E-state index contributed by atoms with van der Waals surface area (Å²) in [6, 6.07) is 0.328. The maximum atomic E-state index is 10.8. The molecule has 0 saturated carbocycles. The van der Waals surface area contributed by atoms with Gasteiger partial charge in [0.15, 0.2) is 0 Å². The van der Waals surface area contributed by atoms with Crippen molar-refractivity contribution >= 4 is 6.09 Å². The number of rotatable bonds is 3. The molecule has 5 heteroatoms. The van der Waals surface area contributed by atoms with Crippen LogP contribution < -0.4 is 5.32 Å². The third-order valence-electron chi connectivity index (χ3n) is 3.31. The highest BCUT2D eigenvalue weighted by Crippen LogP contribution is 2.27. The van der Waals surface area contributed by atoms with Crippen LogP contribution in [0.3, 0.4) is 0 Å². The summed E-state index contributed by atoms with van der Waals surface area (Å²) in [4.78, 5) is 12.2. The van der Waals surface area contributed by atoms with Gasteiger partial charge >= 0.3 is 6.09 Å². The average molecular weight is 230 g/mol. The number of hydrogen-bond donors (Lipinski definition) is 3. The van der Waals surface area contributed by atoms with Gasteiger partial charge in [-0.25, -0.2) is 4.79 Å². The van der Waals surface area contributed by atoms with E-state index in [1.54, 1.807) is 0 Å². The Morgan fingerprint density at radius 2 is 2.25 bits per heavy atom. The highest BCUT2D eigenvalue weighted by Gasteiger charge is 2.39. The van der Waals surface area contributed by atoms with Gasteiger partial charge in [-0.15, -0.1) is 0 Å². The molecule has 0 aliphatic carbocycles. The van der Waals surface area contributed by atoms with E-state index in [4.69, 9.17) is 5.11 Å². The minimum absolute atomic E-state index is 0.0383.